The van der Waals surface area contributed by atoms with E-state index >= 15 is 0 Å². The van der Waals surface area contributed by atoms with E-state index in [4.69, 9.17) is 0 Å². The predicted molar refractivity (Wildman–Crippen MR) is 130 cm³/mol. The highest BCUT2D eigenvalue weighted by Gasteiger charge is 2.25. The van der Waals surface area contributed by atoms with Gasteiger partial charge in [0.05, 0.1) is 22.5 Å². The van der Waals surface area contributed by atoms with Gasteiger partial charge in [0.25, 0.3) is 11.1 Å². The number of anilines is 1. The first-order valence-electron chi connectivity index (χ1n) is 11.1. The molecule has 0 spiro atoms. The maximum atomic E-state index is 11.8. The second-order valence-corrected chi connectivity index (χ2v) is 9.25. The number of piperidine rings is 1. The van der Waals surface area contributed by atoms with Gasteiger partial charge in [-0.25, -0.2) is 9.97 Å². The van der Waals surface area contributed by atoms with Crippen molar-refractivity contribution in [1.29, 1.82) is 0 Å². The van der Waals surface area contributed by atoms with Crippen LogP contribution in [-0.4, -0.2) is 55.9 Å². The van der Waals surface area contributed by atoms with E-state index in [2.05, 4.69) is 46.7 Å². The molecule has 0 atom stereocenters. The molecule has 0 aliphatic carbocycles. The van der Waals surface area contributed by atoms with Crippen LogP contribution in [0.5, 0.6) is 0 Å². The van der Waals surface area contributed by atoms with Crippen LogP contribution < -0.4 is 15.5 Å². The minimum Gasteiger partial charge on any atom is -0.341 e. The van der Waals surface area contributed by atoms with Crippen LogP contribution in [0.2, 0.25) is 0 Å². The summed E-state index contributed by atoms with van der Waals surface area (Å²) in [6, 6.07) is 5.84. The van der Waals surface area contributed by atoms with E-state index in [-0.39, 0.29) is 11.1 Å². The molecule has 0 saturated carbocycles. The minimum atomic E-state index is -0.381. The number of thioether (sulfide) groups is 1. The number of hydrogen-bond donors (Lipinski definition) is 3. The van der Waals surface area contributed by atoms with Crippen LogP contribution in [-0.2, 0) is 11.3 Å². The van der Waals surface area contributed by atoms with Crippen LogP contribution in [0.3, 0.4) is 0 Å². The Balaban J connectivity index is 1.09. The molecule has 34 heavy (non-hydrogen) atoms. The van der Waals surface area contributed by atoms with Crippen molar-refractivity contribution in [3.8, 4) is 11.3 Å². The lowest BCUT2D eigenvalue weighted by Gasteiger charge is -2.32. The Morgan fingerprint density at radius 1 is 1.15 bits per heavy atom. The SMILES string of the molecule is O=C1NC(=O)/C(=C\c2ccnc(N3CCC(CNCc4ccc(-c5cn[nH]c5)nc4)CC3)n2)S1. The third-order valence-corrected chi connectivity index (χ3v) is 6.67. The van der Waals surface area contributed by atoms with Gasteiger partial charge in [0.1, 0.15) is 0 Å². The number of aromatic nitrogens is 5. The number of hydrogen-bond acceptors (Lipinski definition) is 9. The Labute approximate surface area is 200 Å². The second-order valence-electron chi connectivity index (χ2n) is 8.23. The summed E-state index contributed by atoms with van der Waals surface area (Å²) >= 11 is 0.889. The van der Waals surface area contributed by atoms with E-state index in [0.29, 0.717) is 22.5 Å². The van der Waals surface area contributed by atoms with E-state index in [1.807, 2.05) is 18.5 Å². The monoisotopic (exact) mass is 476 g/mol. The summed E-state index contributed by atoms with van der Waals surface area (Å²) in [5, 5.41) is 12.2. The molecule has 5 rings (SSSR count). The Morgan fingerprint density at radius 2 is 2.03 bits per heavy atom. The van der Waals surface area contributed by atoms with Crippen molar-refractivity contribution in [1.82, 2.24) is 35.8 Å². The summed E-state index contributed by atoms with van der Waals surface area (Å²) in [6.45, 7) is 3.49. The number of nitrogens with one attached hydrogen (secondary N) is 3. The first kappa shape index (κ1) is 22.2. The van der Waals surface area contributed by atoms with E-state index in [1.165, 1.54) is 0 Å². The maximum Gasteiger partial charge on any atom is 0.290 e. The highest BCUT2D eigenvalue weighted by Crippen LogP contribution is 2.26. The number of pyridine rings is 1. The molecular formula is C23H24N8O2S. The third kappa shape index (κ3) is 5.32. The molecule has 0 radical (unpaired) electrons. The average Bonchev–Trinajstić information content (AvgIpc) is 3.50. The van der Waals surface area contributed by atoms with Crippen molar-refractivity contribution >= 4 is 34.9 Å². The van der Waals surface area contributed by atoms with Gasteiger partial charge in [-0.3, -0.25) is 25.0 Å². The number of rotatable bonds is 7. The predicted octanol–water partition coefficient (Wildman–Crippen LogP) is 2.59. The Hall–Kier alpha value is -3.57. The van der Waals surface area contributed by atoms with Crippen LogP contribution in [0.25, 0.3) is 17.3 Å². The Bertz CT molecular complexity index is 1190. The van der Waals surface area contributed by atoms with Gasteiger partial charge in [-0.1, -0.05) is 6.07 Å². The van der Waals surface area contributed by atoms with Crippen LogP contribution in [0, 0.1) is 5.92 Å². The first-order chi connectivity index (χ1) is 16.6. The third-order valence-electron chi connectivity index (χ3n) is 5.86. The molecule has 0 aromatic carbocycles. The van der Waals surface area contributed by atoms with Crippen molar-refractivity contribution in [3.05, 3.63) is 59.1 Å². The summed E-state index contributed by atoms with van der Waals surface area (Å²) in [5.74, 6) is 0.858. The van der Waals surface area contributed by atoms with Gasteiger partial charge >= 0.3 is 0 Å². The molecule has 0 unspecified atom stereocenters. The van der Waals surface area contributed by atoms with E-state index < -0.39 is 0 Å². The number of imide groups is 1. The Kier molecular flexibility index (Phi) is 6.63. The molecule has 3 aromatic heterocycles. The van der Waals surface area contributed by atoms with Gasteiger partial charge in [0.2, 0.25) is 5.95 Å². The minimum absolute atomic E-state index is 0.353. The first-order valence-corrected chi connectivity index (χ1v) is 11.9. The standard InChI is InChI=1S/C23H24N8O2S/c32-21-20(34-23(33)30-21)9-18-3-6-25-22(29-18)31-7-4-15(5-8-31)10-24-11-16-1-2-19(26-12-16)17-13-27-28-14-17/h1-3,6,9,12-15,24H,4-5,7-8,10-11H2,(H,27,28)(H,30,32,33)/b20-9+. The molecule has 5 heterocycles. The molecule has 2 fully saturated rings. The zero-order valence-electron chi connectivity index (χ0n) is 18.4. The summed E-state index contributed by atoms with van der Waals surface area (Å²) in [7, 11) is 0. The molecule has 3 N–H and O–H groups in total. The fourth-order valence-corrected chi connectivity index (χ4v) is 4.67. The van der Waals surface area contributed by atoms with Crippen molar-refractivity contribution < 1.29 is 9.59 Å². The quantitative estimate of drug-likeness (QED) is 0.441. The summed E-state index contributed by atoms with van der Waals surface area (Å²) < 4.78 is 0. The summed E-state index contributed by atoms with van der Waals surface area (Å²) in [5.41, 5.74) is 3.66. The largest absolute Gasteiger partial charge is 0.341 e. The molecule has 3 aromatic rings. The van der Waals surface area contributed by atoms with E-state index in [9.17, 15) is 9.59 Å². The lowest BCUT2D eigenvalue weighted by Crippen LogP contribution is -2.38. The van der Waals surface area contributed by atoms with Crippen LogP contribution >= 0.6 is 11.8 Å². The molecular weight excluding hydrogens is 452 g/mol. The number of amides is 2. The zero-order chi connectivity index (χ0) is 23.3. The highest BCUT2D eigenvalue weighted by molar-refractivity contribution is 8.18. The molecule has 0 bridgehead atoms. The maximum absolute atomic E-state index is 11.8. The van der Waals surface area contributed by atoms with Crippen LogP contribution in [0.4, 0.5) is 10.7 Å². The van der Waals surface area contributed by atoms with E-state index in [0.717, 1.165) is 67.6 Å². The van der Waals surface area contributed by atoms with Gasteiger partial charge in [-0.05, 0) is 60.8 Å². The van der Waals surface area contributed by atoms with Gasteiger partial charge in [-0.2, -0.15) is 5.10 Å². The average molecular weight is 477 g/mol. The van der Waals surface area contributed by atoms with Gasteiger partial charge < -0.3 is 10.2 Å². The molecule has 2 saturated heterocycles. The van der Waals surface area contributed by atoms with Crippen LogP contribution in [0.15, 0.2) is 47.9 Å². The van der Waals surface area contributed by atoms with E-state index in [1.54, 1.807) is 24.5 Å². The Morgan fingerprint density at radius 3 is 2.74 bits per heavy atom. The number of nitrogens with zero attached hydrogens (tertiary/aromatic N) is 5. The van der Waals surface area contributed by atoms with Crippen LogP contribution in [0.1, 0.15) is 24.1 Å². The molecule has 2 aliphatic heterocycles. The number of H-pyrrole nitrogens is 1. The fraction of sp³-hybridized carbons (Fsp3) is 0.304. The summed E-state index contributed by atoms with van der Waals surface area (Å²) in [6.07, 6.45) is 10.9. The van der Waals surface area contributed by atoms with Gasteiger partial charge in [0, 0.05) is 43.8 Å². The van der Waals surface area contributed by atoms with Crippen molar-refractivity contribution in [3.63, 3.8) is 0 Å². The van der Waals surface area contributed by atoms with Crippen molar-refractivity contribution in [2.75, 3.05) is 24.5 Å². The lowest BCUT2D eigenvalue weighted by molar-refractivity contribution is -0.115. The second kappa shape index (κ2) is 10.1. The normalized spacial score (nSPS) is 18.0. The molecule has 174 valence electrons. The van der Waals surface area contributed by atoms with Gasteiger partial charge in [-0.15, -0.1) is 0 Å². The number of carbonyl (C=O) groups is 2. The zero-order valence-corrected chi connectivity index (χ0v) is 19.2. The number of aromatic amines is 1. The fourth-order valence-electron chi connectivity index (χ4n) is 4.00. The smallest absolute Gasteiger partial charge is 0.290 e. The lowest BCUT2D eigenvalue weighted by atomic mass is 9.97. The number of carbonyl (C=O) groups excluding carboxylic acids is 2. The summed E-state index contributed by atoms with van der Waals surface area (Å²) in [4.78, 5) is 39.1. The van der Waals surface area contributed by atoms with Crippen molar-refractivity contribution in [2.45, 2.75) is 19.4 Å². The molecule has 2 aliphatic rings. The molecule has 10 nitrogen and oxygen atoms in total. The topological polar surface area (TPSA) is 129 Å². The van der Waals surface area contributed by atoms with Crippen molar-refractivity contribution in [2.24, 2.45) is 5.92 Å². The molecule has 11 heteroatoms. The van der Waals surface area contributed by atoms with Gasteiger partial charge in [0.15, 0.2) is 0 Å². The highest BCUT2D eigenvalue weighted by atomic mass is 32.2. The molecule has 2 amide bonds.